The van der Waals surface area contributed by atoms with Gasteiger partial charge < -0.3 is 9.88 Å². The van der Waals surface area contributed by atoms with E-state index in [-0.39, 0.29) is 17.0 Å². The fraction of sp³-hybridized carbons (Fsp3) is 0.207. The van der Waals surface area contributed by atoms with Gasteiger partial charge in [0, 0.05) is 27.1 Å². The van der Waals surface area contributed by atoms with Crippen LogP contribution in [0.25, 0.3) is 22.2 Å². The maximum Gasteiger partial charge on any atom is 0.235 e. The van der Waals surface area contributed by atoms with Gasteiger partial charge in [-0.15, -0.1) is 5.10 Å². The zero-order valence-electron chi connectivity index (χ0n) is 20.9. The first-order valence-corrected chi connectivity index (χ1v) is 15.1. The third-order valence-corrected chi connectivity index (χ3v) is 9.19. The summed E-state index contributed by atoms with van der Waals surface area (Å²) in [5.74, 6) is -1.07. The minimum absolute atomic E-state index is 0.0917. The number of carbonyl (C=O) groups excluding carboxylic acids is 1. The highest BCUT2D eigenvalue weighted by molar-refractivity contribution is 9.10. The molecule has 0 atom stereocenters. The van der Waals surface area contributed by atoms with Gasteiger partial charge in [-0.25, -0.2) is 13.1 Å². The maximum atomic E-state index is 12.6. The van der Waals surface area contributed by atoms with Crippen LogP contribution in [0, 0.1) is 0 Å². The van der Waals surface area contributed by atoms with Crippen molar-refractivity contribution in [3.05, 3.63) is 101 Å². The molecule has 3 aromatic carbocycles. The number of fused-ring (bicyclic) bond motifs is 1. The average molecular weight is 605 g/mol. The fourth-order valence-corrected chi connectivity index (χ4v) is 6.80. The van der Waals surface area contributed by atoms with Gasteiger partial charge in [0.2, 0.25) is 5.91 Å². The molecule has 6 rings (SSSR count). The number of aromatic nitrogens is 4. The number of nitrogens with one attached hydrogen (secondary N) is 1. The molecule has 5 aromatic rings. The third kappa shape index (κ3) is 5.39. The predicted molar refractivity (Wildman–Crippen MR) is 153 cm³/mol. The summed E-state index contributed by atoms with van der Waals surface area (Å²) in [7, 11) is -3.71. The Hall–Kier alpha value is -3.76. The number of hydrogen-bond acceptors (Lipinski definition) is 5. The van der Waals surface area contributed by atoms with E-state index in [9.17, 15) is 13.2 Å². The Kier molecular flexibility index (Phi) is 6.82. The van der Waals surface area contributed by atoms with Gasteiger partial charge >= 0.3 is 0 Å². The van der Waals surface area contributed by atoms with E-state index in [1.807, 2.05) is 41.2 Å². The van der Waals surface area contributed by atoms with Crippen molar-refractivity contribution in [3.63, 3.8) is 0 Å². The Morgan fingerprint density at radius 2 is 1.74 bits per heavy atom. The second kappa shape index (κ2) is 10.4. The first-order chi connectivity index (χ1) is 18.9. The van der Waals surface area contributed by atoms with Crippen molar-refractivity contribution >= 4 is 42.6 Å². The van der Waals surface area contributed by atoms with Gasteiger partial charge in [-0.2, -0.15) is 0 Å². The largest absolute Gasteiger partial charge is 0.352 e. The van der Waals surface area contributed by atoms with Crippen molar-refractivity contribution in [2.75, 3.05) is 5.75 Å². The van der Waals surface area contributed by atoms with Crippen LogP contribution in [0.2, 0.25) is 0 Å². The second-order valence-corrected chi connectivity index (χ2v) is 12.7. The topological polar surface area (TPSA) is 98.9 Å². The molecule has 0 saturated heterocycles. The molecular weight excluding hydrogens is 578 g/mol. The Morgan fingerprint density at radius 1 is 0.974 bits per heavy atom. The molecule has 2 heterocycles. The number of benzene rings is 3. The molecule has 198 valence electrons. The lowest BCUT2D eigenvalue weighted by molar-refractivity contribution is -0.120. The van der Waals surface area contributed by atoms with Crippen molar-refractivity contribution < 1.29 is 13.2 Å². The van der Waals surface area contributed by atoms with Crippen LogP contribution in [-0.2, 0) is 21.2 Å². The highest BCUT2D eigenvalue weighted by Gasteiger charge is 2.33. The average Bonchev–Trinajstić information content (AvgIpc) is 3.51. The van der Waals surface area contributed by atoms with Crippen LogP contribution in [0.15, 0.2) is 100 Å². The Balaban J connectivity index is 1.10. The minimum atomic E-state index is -3.71. The van der Waals surface area contributed by atoms with Gasteiger partial charge in [-0.05, 0) is 48.7 Å². The molecule has 0 bridgehead atoms. The first kappa shape index (κ1) is 25.5. The van der Waals surface area contributed by atoms with Gasteiger partial charge in [0.1, 0.15) is 11.4 Å². The molecule has 0 aliphatic heterocycles. The number of para-hydroxylation sites is 1. The Morgan fingerprint density at radius 3 is 2.54 bits per heavy atom. The van der Waals surface area contributed by atoms with Crippen LogP contribution in [0.1, 0.15) is 24.6 Å². The van der Waals surface area contributed by atoms with Gasteiger partial charge in [0.15, 0.2) is 9.84 Å². The number of halogens is 1. The molecular formula is C29H26BrN5O3S. The van der Waals surface area contributed by atoms with Crippen LogP contribution in [0.5, 0.6) is 0 Å². The van der Waals surface area contributed by atoms with Crippen molar-refractivity contribution in [2.24, 2.45) is 0 Å². The lowest BCUT2D eigenvalue weighted by Crippen LogP contribution is -2.46. The summed E-state index contributed by atoms with van der Waals surface area (Å²) in [6.45, 7) is 0.581. The molecule has 1 aliphatic carbocycles. The van der Waals surface area contributed by atoms with E-state index >= 15 is 0 Å². The molecule has 1 saturated carbocycles. The molecule has 10 heteroatoms. The van der Waals surface area contributed by atoms with Crippen molar-refractivity contribution in [2.45, 2.75) is 36.4 Å². The third-order valence-electron chi connectivity index (χ3n) is 7.09. The fourth-order valence-electron chi connectivity index (χ4n) is 5.06. The normalized spacial score (nSPS) is 17.2. The molecule has 2 aromatic heterocycles. The summed E-state index contributed by atoms with van der Waals surface area (Å²) in [4.78, 5) is 12.6. The molecule has 8 nitrogen and oxygen atoms in total. The SMILES string of the molecule is O=C(CS(=O)(=O)c1cccc(Br)c1)NC1CC(n2cc(Cn3c(-c4ccccc4)cc4ccccc43)nn2)C1. The number of hydrogen-bond donors (Lipinski definition) is 1. The summed E-state index contributed by atoms with van der Waals surface area (Å²) < 4.78 is 29.9. The molecule has 1 aliphatic rings. The van der Waals surface area contributed by atoms with E-state index in [2.05, 4.69) is 66.5 Å². The van der Waals surface area contributed by atoms with E-state index in [0.717, 1.165) is 22.5 Å². The zero-order chi connectivity index (χ0) is 27.0. The van der Waals surface area contributed by atoms with E-state index < -0.39 is 21.5 Å². The summed E-state index contributed by atoms with van der Waals surface area (Å²) in [5.41, 5.74) is 4.24. The maximum absolute atomic E-state index is 12.6. The summed E-state index contributed by atoms with van der Waals surface area (Å²) in [6.07, 6.45) is 3.31. The summed E-state index contributed by atoms with van der Waals surface area (Å²) >= 11 is 3.27. The van der Waals surface area contributed by atoms with Gasteiger partial charge in [0.05, 0.1) is 23.7 Å². The lowest BCUT2D eigenvalue weighted by atomic mass is 9.87. The molecule has 1 fully saturated rings. The number of carbonyl (C=O) groups is 1. The Bertz CT molecular complexity index is 1760. The van der Waals surface area contributed by atoms with E-state index in [0.29, 0.717) is 23.9 Å². The standard InChI is InChI=1S/C29H26BrN5O3S/c30-22-10-6-11-26(14-22)39(37,38)19-29(36)31-23-15-25(16-23)35-18-24(32-33-35)17-34-27-12-5-4-9-21(27)13-28(34)20-7-2-1-3-8-20/h1-14,18,23,25H,15-17,19H2,(H,31,36). The smallest absolute Gasteiger partial charge is 0.235 e. The molecule has 39 heavy (non-hydrogen) atoms. The van der Waals surface area contributed by atoms with Crippen LogP contribution >= 0.6 is 15.9 Å². The monoisotopic (exact) mass is 603 g/mol. The van der Waals surface area contributed by atoms with Crippen LogP contribution in [0.3, 0.4) is 0 Å². The van der Waals surface area contributed by atoms with Crippen molar-refractivity contribution in [1.82, 2.24) is 24.9 Å². The second-order valence-electron chi connectivity index (χ2n) is 9.84. The number of nitrogens with zero attached hydrogens (tertiary/aromatic N) is 4. The molecule has 1 amide bonds. The van der Waals surface area contributed by atoms with Gasteiger partial charge in [-0.3, -0.25) is 4.79 Å². The Labute approximate surface area is 234 Å². The molecule has 0 unspecified atom stereocenters. The van der Waals surface area contributed by atoms with E-state index in [1.54, 1.807) is 12.1 Å². The minimum Gasteiger partial charge on any atom is -0.352 e. The first-order valence-electron chi connectivity index (χ1n) is 12.7. The highest BCUT2D eigenvalue weighted by atomic mass is 79.9. The van der Waals surface area contributed by atoms with Crippen molar-refractivity contribution in [3.8, 4) is 11.3 Å². The molecule has 1 N–H and O–H groups in total. The zero-order valence-corrected chi connectivity index (χ0v) is 23.3. The number of rotatable bonds is 8. The van der Waals surface area contributed by atoms with Crippen LogP contribution in [0.4, 0.5) is 0 Å². The van der Waals surface area contributed by atoms with Gasteiger partial charge in [-0.1, -0.05) is 75.7 Å². The quantitative estimate of drug-likeness (QED) is 0.269. The van der Waals surface area contributed by atoms with Crippen LogP contribution in [-0.4, -0.2) is 45.7 Å². The lowest BCUT2D eigenvalue weighted by Gasteiger charge is -2.35. The predicted octanol–water partition coefficient (Wildman–Crippen LogP) is 5.00. The number of amides is 1. The number of sulfone groups is 1. The molecule has 0 spiro atoms. The van der Waals surface area contributed by atoms with Crippen LogP contribution < -0.4 is 5.32 Å². The van der Waals surface area contributed by atoms with Crippen molar-refractivity contribution in [1.29, 1.82) is 0 Å². The summed E-state index contributed by atoms with van der Waals surface area (Å²) in [5, 5.41) is 12.8. The summed E-state index contributed by atoms with van der Waals surface area (Å²) in [6, 6.07) is 27.2. The van der Waals surface area contributed by atoms with E-state index in [4.69, 9.17) is 0 Å². The van der Waals surface area contributed by atoms with Gasteiger partial charge in [0.25, 0.3) is 0 Å². The highest BCUT2D eigenvalue weighted by Crippen LogP contribution is 2.33. The molecule has 0 radical (unpaired) electrons. The van der Waals surface area contributed by atoms with E-state index in [1.165, 1.54) is 17.5 Å².